The fraction of sp³-hybridized carbons (Fsp3) is 0.318. The van der Waals surface area contributed by atoms with Crippen LogP contribution in [-0.4, -0.2) is 43.9 Å². The SMILES string of the molecule is CC1CCCCN1C(=O)CSc1nnc(-c2ccccc2)n1-c1ccc(F)cc1. The van der Waals surface area contributed by atoms with Crippen molar-refractivity contribution in [2.75, 3.05) is 12.3 Å². The van der Waals surface area contributed by atoms with Crippen molar-refractivity contribution in [3.63, 3.8) is 0 Å². The molecule has 1 aromatic heterocycles. The molecule has 1 aliphatic heterocycles. The average Bonchev–Trinajstić information content (AvgIpc) is 3.17. The number of hydrogen-bond acceptors (Lipinski definition) is 4. The molecule has 1 aliphatic rings. The van der Waals surface area contributed by atoms with Gasteiger partial charge in [0.25, 0.3) is 0 Å². The van der Waals surface area contributed by atoms with Crippen LogP contribution in [-0.2, 0) is 4.79 Å². The summed E-state index contributed by atoms with van der Waals surface area (Å²) in [5.74, 6) is 0.792. The van der Waals surface area contributed by atoms with Crippen LogP contribution in [0.1, 0.15) is 26.2 Å². The van der Waals surface area contributed by atoms with Crippen LogP contribution >= 0.6 is 11.8 Å². The van der Waals surface area contributed by atoms with E-state index in [9.17, 15) is 9.18 Å². The van der Waals surface area contributed by atoms with Gasteiger partial charge in [-0.05, 0) is 50.5 Å². The van der Waals surface area contributed by atoms with Gasteiger partial charge in [0.1, 0.15) is 5.82 Å². The molecule has 29 heavy (non-hydrogen) atoms. The molecule has 4 rings (SSSR count). The predicted octanol–water partition coefficient (Wildman–Crippen LogP) is 4.57. The van der Waals surface area contributed by atoms with Crippen molar-refractivity contribution in [3.8, 4) is 17.1 Å². The van der Waals surface area contributed by atoms with Gasteiger partial charge in [-0.1, -0.05) is 42.1 Å². The van der Waals surface area contributed by atoms with Gasteiger partial charge in [0.05, 0.1) is 5.75 Å². The van der Waals surface area contributed by atoms with Crippen molar-refractivity contribution in [2.24, 2.45) is 0 Å². The fourth-order valence-corrected chi connectivity index (χ4v) is 4.48. The molecule has 2 heterocycles. The van der Waals surface area contributed by atoms with E-state index in [4.69, 9.17) is 0 Å². The second kappa shape index (κ2) is 8.78. The smallest absolute Gasteiger partial charge is 0.233 e. The van der Waals surface area contributed by atoms with Crippen molar-refractivity contribution in [2.45, 2.75) is 37.4 Å². The number of benzene rings is 2. The highest BCUT2D eigenvalue weighted by atomic mass is 32.2. The number of carbonyl (C=O) groups is 1. The van der Waals surface area contributed by atoms with E-state index >= 15 is 0 Å². The Morgan fingerprint density at radius 2 is 1.86 bits per heavy atom. The summed E-state index contributed by atoms with van der Waals surface area (Å²) in [4.78, 5) is 14.7. The second-order valence-electron chi connectivity index (χ2n) is 7.20. The van der Waals surface area contributed by atoms with Crippen molar-refractivity contribution >= 4 is 17.7 Å². The summed E-state index contributed by atoms with van der Waals surface area (Å²) in [6.07, 6.45) is 3.29. The van der Waals surface area contributed by atoms with Crippen LogP contribution < -0.4 is 0 Å². The summed E-state index contributed by atoms with van der Waals surface area (Å²) in [6.45, 7) is 2.93. The second-order valence-corrected chi connectivity index (χ2v) is 8.15. The van der Waals surface area contributed by atoms with Gasteiger partial charge in [-0.15, -0.1) is 10.2 Å². The first-order valence-corrected chi connectivity index (χ1v) is 10.8. The van der Waals surface area contributed by atoms with Crippen LogP contribution in [0.5, 0.6) is 0 Å². The van der Waals surface area contributed by atoms with E-state index in [1.54, 1.807) is 12.1 Å². The van der Waals surface area contributed by atoms with Crippen molar-refractivity contribution in [3.05, 3.63) is 60.4 Å². The van der Waals surface area contributed by atoms with Crippen molar-refractivity contribution in [1.29, 1.82) is 0 Å². The lowest BCUT2D eigenvalue weighted by Crippen LogP contribution is -2.42. The summed E-state index contributed by atoms with van der Waals surface area (Å²) in [7, 11) is 0. The number of halogens is 1. The molecule has 0 aliphatic carbocycles. The standard InChI is InChI=1S/C22H23FN4OS/c1-16-7-5-6-14-26(16)20(28)15-29-22-25-24-21(17-8-3-2-4-9-17)27(22)19-12-10-18(23)11-13-19/h2-4,8-13,16H,5-7,14-15H2,1H3. The van der Waals surface area contributed by atoms with Crippen molar-refractivity contribution in [1.82, 2.24) is 19.7 Å². The highest BCUT2D eigenvalue weighted by Gasteiger charge is 2.24. The lowest BCUT2D eigenvalue weighted by atomic mass is 10.0. The van der Waals surface area contributed by atoms with Gasteiger partial charge in [-0.3, -0.25) is 9.36 Å². The molecule has 150 valence electrons. The summed E-state index contributed by atoms with van der Waals surface area (Å²) in [5, 5.41) is 9.32. The van der Waals surface area contributed by atoms with E-state index in [0.29, 0.717) is 16.7 Å². The van der Waals surface area contributed by atoms with Crippen LogP contribution in [0.2, 0.25) is 0 Å². The first kappa shape index (κ1) is 19.6. The van der Waals surface area contributed by atoms with E-state index in [-0.39, 0.29) is 17.8 Å². The zero-order valence-electron chi connectivity index (χ0n) is 16.3. The number of nitrogens with zero attached hydrogens (tertiary/aromatic N) is 4. The lowest BCUT2D eigenvalue weighted by molar-refractivity contribution is -0.131. The van der Waals surface area contributed by atoms with E-state index in [1.807, 2.05) is 39.8 Å². The molecule has 5 nitrogen and oxygen atoms in total. The number of amides is 1. The van der Waals surface area contributed by atoms with E-state index in [1.165, 1.54) is 30.3 Å². The monoisotopic (exact) mass is 410 g/mol. The maximum absolute atomic E-state index is 13.5. The van der Waals surface area contributed by atoms with Crippen LogP contribution in [0.4, 0.5) is 4.39 Å². The summed E-state index contributed by atoms with van der Waals surface area (Å²) >= 11 is 1.37. The molecule has 1 fully saturated rings. The molecular formula is C22H23FN4OS. The van der Waals surface area contributed by atoms with E-state index < -0.39 is 0 Å². The quantitative estimate of drug-likeness (QED) is 0.579. The molecule has 0 bridgehead atoms. The van der Waals surface area contributed by atoms with Gasteiger partial charge < -0.3 is 4.90 Å². The Bertz CT molecular complexity index is 974. The molecule has 1 saturated heterocycles. The third-order valence-electron chi connectivity index (χ3n) is 5.20. The molecule has 7 heteroatoms. The van der Waals surface area contributed by atoms with Gasteiger partial charge in [-0.25, -0.2) is 4.39 Å². The van der Waals surface area contributed by atoms with Gasteiger partial charge in [-0.2, -0.15) is 0 Å². The summed E-state index contributed by atoms with van der Waals surface area (Å²) < 4.78 is 15.3. The normalized spacial score (nSPS) is 16.8. The van der Waals surface area contributed by atoms with Gasteiger partial charge in [0.2, 0.25) is 5.91 Å². The third kappa shape index (κ3) is 4.34. The number of thioether (sulfide) groups is 1. The Morgan fingerprint density at radius 1 is 1.10 bits per heavy atom. The maximum Gasteiger partial charge on any atom is 0.233 e. The highest BCUT2D eigenvalue weighted by molar-refractivity contribution is 7.99. The summed E-state index contributed by atoms with van der Waals surface area (Å²) in [5.41, 5.74) is 1.67. The first-order valence-electron chi connectivity index (χ1n) is 9.82. The fourth-order valence-electron chi connectivity index (χ4n) is 3.64. The number of hydrogen-bond donors (Lipinski definition) is 0. The highest BCUT2D eigenvalue weighted by Crippen LogP contribution is 2.28. The molecule has 0 spiro atoms. The molecule has 1 atom stereocenters. The molecule has 0 radical (unpaired) electrons. The Labute approximate surface area is 173 Å². The van der Waals surface area contributed by atoms with Gasteiger partial charge >= 0.3 is 0 Å². The minimum Gasteiger partial charge on any atom is -0.339 e. The van der Waals surface area contributed by atoms with Crippen LogP contribution in [0, 0.1) is 5.82 Å². The Morgan fingerprint density at radius 3 is 2.59 bits per heavy atom. The lowest BCUT2D eigenvalue weighted by Gasteiger charge is -2.33. The van der Waals surface area contributed by atoms with Crippen LogP contribution in [0.15, 0.2) is 59.8 Å². The third-order valence-corrected chi connectivity index (χ3v) is 6.11. The Hall–Kier alpha value is -2.67. The first-order chi connectivity index (χ1) is 14.1. The zero-order valence-corrected chi connectivity index (χ0v) is 17.1. The molecule has 0 N–H and O–H groups in total. The zero-order chi connectivity index (χ0) is 20.2. The number of aromatic nitrogens is 3. The Kier molecular flexibility index (Phi) is 5.94. The number of carbonyl (C=O) groups excluding carboxylic acids is 1. The molecule has 1 amide bonds. The van der Waals surface area contributed by atoms with Crippen LogP contribution in [0.25, 0.3) is 17.1 Å². The van der Waals surface area contributed by atoms with Crippen LogP contribution in [0.3, 0.4) is 0 Å². The minimum absolute atomic E-state index is 0.122. The average molecular weight is 411 g/mol. The largest absolute Gasteiger partial charge is 0.339 e. The molecule has 1 unspecified atom stereocenters. The van der Waals surface area contributed by atoms with E-state index in [0.717, 1.165) is 30.6 Å². The predicted molar refractivity (Wildman–Crippen MR) is 113 cm³/mol. The molecule has 3 aromatic rings. The molecule has 0 saturated carbocycles. The Balaban J connectivity index is 1.62. The molecule has 2 aromatic carbocycles. The molecular weight excluding hydrogens is 387 g/mol. The van der Waals surface area contributed by atoms with Gasteiger partial charge in [0, 0.05) is 23.8 Å². The van der Waals surface area contributed by atoms with Crippen molar-refractivity contribution < 1.29 is 9.18 Å². The topological polar surface area (TPSA) is 51.0 Å². The number of likely N-dealkylation sites (tertiary alicyclic amines) is 1. The van der Waals surface area contributed by atoms with Gasteiger partial charge in [0.15, 0.2) is 11.0 Å². The minimum atomic E-state index is -0.299. The number of piperidine rings is 1. The number of rotatable bonds is 5. The van der Waals surface area contributed by atoms with E-state index in [2.05, 4.69) is 17.1 Å². The maximum atomic E-state index is 13.5. The summed E-state index contributed by atoms with van der Waals surface area (Å²) in [6, 6.07) is 16.2.